The van der Waals surface area contributed by atoms with Crippen LogP contribution in [0.25, 0.3) is 0 Å². The lowest BCUT2D eigenvalue weighted by Gasteiger charge is -2.32. The van der Waals surface area contributed by atoms with Gasteiger partial charge in [0.05, 0.1) is 10.6 Å². The van der Waals surface area contributed by atoms with Crippen LogP contribution < -0.4 is 5.32 Å². The number of piperidine rings is 1. The van der Waals surface area contributed by atoms with Crippen LogP contribution in [-0.4, -0.2) is 51.7 Å². The first kappa shape index (κ1) is 18.4. The zero-order valence-corrected chi connectivity index (χ0v) is 15.8. The van der Waals surface area contributed by atoms with E-state index in [1.165, 1.54) is 5.56 Å². The molecule has 1 fully saturated rings. The molecule has 1 N–H and O–H groups in total. The van der Waals surface area contributed by atoms with Crippen LogP contribution in [0.5, 0.6) is 0 Å². The van der Waals surface area contributed by atoms with Gasteiger partial charge in [-0.1, -0.05) is 6.07 Å². The summed E-state index contributed by atoms with van der Waals surface area (Å²) in [5.74, 6) is 0.484. The Morgan fingerprint density at radius 2 is 1.92 bits per heavy atom. The van der Waals surface area contributed by atoms with Crippen molar-refractivity contribution in [3.8, 4) is 0 Å². The van der Waals surface area contributed by atoms with Crippen LogP contribution in [0, 0.1) is 5.92 Å². The molecular formula is C19H28N2O3S. The molecule has 1 amide bonds. The van der Waals surface area contributed by atoms with Gasteiger partial charge in [-0.15, -0.1) is 0 Å². The normalized spacial score (nSPS) is 18.4. The molecule has 5 nitrogen and oxygen atoms in total. The number of hydrogen-bond acceptors (Lipinski definition) is 4. The molecule has 0 atom stereocenters. The Morgan fingerprint density at radius 3 is 2.64 bits per heavy atom. The summed E-state index contributed by atoms with van der Waals surface area (Å²) in [5, 5.41) is 3.18. The second-order valence-electron chi connectivity index (χ2n) is 7.23. The van der Waals surface area contributed by atoms with E-state index in [4.69, 9.17) is 0 Å². The number of benzene rings is 1. The van der Waals surface area contributed by atoms with Crippen molar-refractivity contribution < 1.29 is 13.2 Å². The SMILES string of the molecule is CNCC1CCN(C(=O)CCS(=O)(=O)c2ccc3c(c2)CCC3)CC1. The van der Waals surface area contributed by atoms with E-state index in [-0.39, 0.29) is 18.1 Å². The molecule has 0 aromatic heterocycles. The quantitative estimate of drug-likeness (QED) is 0.836. The largest absolute Gasteiger partial charge is 0.343 e. The van der Waals surface area contributed by atoms with E-state index in [0.717, 1.165) is 57.3 Å². The van der Waals surface area contributed by atoms with Gasteiger partial charge in [-0.3, -0.25) is 4.79 Å². The summed E-state index contributed by atoms with van der Waals surface area (Å²) in [7, 11) is -1.45. The van der Waals surface area contributed by atoms with E-state index < -0.39 is 9.84 Å². The van der Waals surface area contributed by atoms with Crippen LogP contribution >= 0.6 is 0 Å². The fourth-order valence-corrected chi connectivity index (χ4v) is 5.19. The lowest BCUT2D eigenvalue weighted by atomic mass is 9.97. The highest BCUT2D eigenvalue weighted by molar-refractivity contribution is 7.91. The van der Waals surface area contributed by atoms with Crippen LogP contribution in [0.1, 0.15) is 36.8 Å². The maximum absolute atomic E-state index is 12.6. The standard InChI is InChI=1S/C19H28N2O3S/c1-20-14-15-7-10-21(11-8-15)19(22)9-12-25(23,24)18-6-5-16-3-2-4-17(16)13-18/h5-6,13,15,20H,2-4,7-12,14H2,1H3. The second kappa shape index (κ2) is 7.87. The van der Waals surface area contributed by atoms with E-state index in [9.17, 15) is 13.2 Å². The van der Waals surface area contributed by atoms with Gasteiger partial charge >= 0.3 is 0 Å². The summed E-state index contributed by atoms with van der Waals surface area (Å²) < 4.78 is 25.2. The molecule has 2 aliphatic rings. The number of rotatable bonds is 6. The highest BCUT2D eigenvalue weighted by Gasteiger charge is 2.25. The Balaban J connectivity index is 1.54. The molecule has 0 radical (unpaired) electrons. The minimum atomic E-state index is -3.39. The number of nitrogens with zero attached hydrogens (tertiary/aromatic N) is 1. The summed E-state index contributed by atoms with van der Waals surface area (Å²) >= 11 is 0. The maximum atomic E-state index is 12.6. The maximum Gasteiger partial charge on any atom is 0.223 e. The fourth-order valence-electron chi connectivity index (χ4n) is 3.91. The monoisotopic (exact) mass is 364 g/mol. The molecule has 3 rings (SSSR count). The topological polar surface area (TPSA) is 66.5 Å². The summed E-state index contributed by atoms with van der Waals surface area (Å²) in [6, 6.07) is 5.45. The van der Waals surface area contributed by atoms with E-state index in [2.05, 4.69) is 5.32 Å². The molecule has 1 aliphatic heterocycles. The third kappa shape index (κ3) is 4.42. The molecule has 0 saturated carbocycles. The number of aryl methyl sites for hydroxylation is 2. The van der Waals surface area contributed by atoms with Gasteiger partial charge in [0.1, 0.15) is 0 Å². The minimum absolute atomic E-state index is 0.0346. The highest BCUT2D eigenvalue weighted by atomic mass is 32.2. The smallest absolute Gasteiger partial charge is 0.223 e. The van der Waals surface area contributed by atoms with Crippen molar-refractivity contribution in [3.05, 3.63) is 29.3 Å². The third-order valence-corrected chi connectivity index (χ3v) is 7.19. The number of sulfone groups is 1. The van der Waals surface area contributed by atoms with Gasteiger partial charge in [-0.05, 0) is 74.9 Å². The van der Waals surface area contributed by atoms with Gasteiger partial charge in [0.15, 0.2) is 9.84 Å². The second-order valence-corrected chi connectivity index (χ2v) is 9.34. The van der Waals surface area contributed by atoms with Crippen molar-refractivity contribution in [3.63, 3.8) is 0 Å². The van der Waals surface area contributed by atoms with Gasteiger partial charge in [-0.25, -0.2) is 8.42 Å². The lowest BCUT2D eigenvalue weighted by molar-refractivity contribution is -0.132. The summed E-state index contributed by atoms with van der Waals surface area (Å²) in [6.07, 6.45) is 5.15. The van der Waals surface area contributed by atoms with Crippen molar-refractivity contribution in [1.29, 1.82) is 0 Å². The Bertz CT molecular complexity index is 722. The lowest BCUT2D eigenvalue weighted by Crippen LogP contribution is -2.40. The minimum Gasteiger partial charge on any atom is -0.343 e. The van der Waals surface area contributed by atoms with Crippen molar-refractivity contribution >= 4 is 15.7 Å². The van der Waals surface area contributed by atoms with E-state index in [1.54, 1.807) is 6.07 Å². The molecular weight excluding hydrogens is 336 g/mol. The third-order valence-electron chi connectivity index (χ3n) is 5.47. The molecule has 0 spiro atoms. The van der Waals surface area contributed by atoms with E-state index >= 15 is 0 Å². The predicted molar refractivity (Wildman–Crippen MR) is 98.4 cm³/mol. The molecule has 1 aromatic rings. The summed E-state index contributed by atoms with van der Waals surface area (Å²) in [4.78, 5) is 14.6. The van der Waals surface area contributed by atoms with Gasteiger partial charge in [0, 0.05) is 19.5 Å². The Kier molecular flexibility index (Phi) is 5.79. The number of nitrogens with one attached hydrogen (secondary N) is 1. The molecule has 1 aromatic carbocycles. The number of carbonyl (C=O) groups is 1. The van der Waals surface area contributed by atoms with Gasteiger partial charge < -0.3 is 10.2 Å². The average Bonchev–Trinajstić information content (AvgIpc) is 3.08. The van der Waals surface area contributed by atoms with Gasteiger partial charge in [-0.2, -0.15) is 0 Å². The number of fused-ring (bicyclic) bond motifs is 1. The van der Waals surface area contributed by atoms with Crippen LogP contribution in [0.4, 0.5) is 0 Å². The first-order chi connectivity index (χ1) is 12.0. The number of amides is 1. The average molecular weight is 365 g/mol. The summed E-state index contributed by atoms with van der Waals surface area (Å²) in [5.41, 5.74) is 2.42. The summed E-state index contributed by atoms with van der Waals surface area (Å²) in [6.45, 7) is 2.46. The highest BCUT2D eigenvalue weighted by Crippen LogP contribution is 2.25. The number of hydrogen-bond donors (Lipinski definition) is 1. The van der Waals surface area contributed by atoms with Crippen molar-refractivity contribution in [2.75, 3.05) is 32.4 Å². The van der Waals surface area contributed by atoms with Crippen LogP contribution in [0.2, 0.25) is 0 Å². The van der Waals surface area contributed by atoms with E-state index in [0.29, 0.717) is 10.8 Å². The molecule has 1 aliphatic carbocycles. The molecule has 0 bridgehead atoms. The number of likely N-dealkylation sites (tertiary alicyclic amines) is 1. The molecule has 25 heavy (non-hydrogen) atoms. The number of carbonyl (C=O) groups excluding carboxylic acids is 1. The Hall–Kier alpha value is -1.40. The van der Waals surface area contributed by atoms with Crippen molar-refractivity contribution in [1.82, 2.24) is 10.2 Å². The van der Waals surface area contributed by atoms with Crippen LogP contribution in [-0.2, 0) is 27.5 Å². The first-order valence-corrected chi connectivity index (χ1v) is 10.9. The van der Waals surface area contributed by atoms with Crippen LogP contribution in [0.15, 0.2) is 23.1 Å². The van der Waals surface area contributed by atoms with Gasteiger partial charge in [0.25, 0.3) is 0 Å². The fraction of sp³-hybridized carbons (Fsp3) is 0.632. The molecule has 138 valence electrons. The first-order valence-electron chi connectivity index (χ1n) is 9.26. The zero-order chi connectivity index (χ0) is 17.9. The molecule has 0 unspecified atom stereocenters. The Morgan fingerprint density at radius 1 is 1.20 bits per heavy atom. The van der Waals surface area contributed by atoms with Crippen molar-refractivity contribution in [2.45, 2.75) is 43.4 Å². The predicted octanol–water partition coefficient (Wildman–Crippen LogP) is 1.80. The van der Waals surface area contributed by atoms with Crippen molar-refractivity contribution in [2.24, 2.45) is 5.92 Å². The molecule has 6 heteroatoms. The van der Waals surface area contributed by atoms with Crippen LogP contribution in [0.3, 0.4) is 0 Å². The van der Waals surface area contributed by atoms with E-state index in [1.807, 2.05) is 24.1 Å². The molecule has 1 saturated heterocycles. The zero-order valence-electron chi connectivity index (χ0n) is 15.0. The van der Waals surface area contributed by atoms with Gasteiger partial charge in [0.2, 0.25) is 5.91 Å². The Labute approximate surface area is 150 Å². The molecule has 1 heterocycles.